The molecule has 1 aromatic carbocycles. The van der Waals surface area contributed by atoms with E-state index in [1.165, 1.54) is 6.07 Å². The molecule has 5 heteroatoms. The third-order valence-electron chi connectivity index (χ3n) is 2.96. The zero-order valence-corrected chi connectivity index (χ0v) is 11.2. The lowest BCUT2D eigenvalue weighted by Gasteiger charge is -2.21. The molecule has 3 nitrogen and oxygen atoms in total. The first-order chi connectivity index (χ1) is 9.07. The highest BCUT2D eigenvalue weighted by Crippen LogP contribution is 2.23. The number of amides is 2. The second-order valence-corrected chi connectivity index (χ2v) is 4.47. The standard InChI is InChI=1S/C14H20F2N2O/c1-2-3-4-5-6-10-18(14(17)19)13-11(15)8-7-9-12(13)16/h7-9H,2-6,10H2,1H3,(H2,17,19). The first-order valence-corrected chi connectivity index (χ1v) is 6.59. The summed E-state index contributed by atoms with van der Waals surface area (Å²) in [7, 11) is 0. The molecule has 0 aliphatic carbocycles. The van der Waals surface area contributed by atoms with E-state index in [0.29, 0.717) is 6.42 Å². The molecule has 0 radical (unpaired) electrons. The number of primary amides is 1. The summed E-state index contributed by atoms with van der Waals surface area (Å²) in [6.45, 7) is 2.33. The van der Waals surface area contributed by atoms with Crippen LogP contribution in [0, 0.1) is 11.6 Å². The van der Waals surface area contributed by atoms with Gasteiger partial charge in [0.25, 0.3) is 0 Å². The first kappa shape index (κ1) is 15.4. The molecule has 0 aromatic heterocycles. The monoisotopic (exact) mass is 270 g/mol. The average Bonchev–Trinajstić information content (AvgIpc) is 2.35. The molecule has 19 heavy (non-hydrogen) atoms. The van der Waals surface area contributed by atoms with E-state index in [-0.39, 0.29) is 12.2 Å². The minimum atomic E-state index is -0.834. The van der Waals surface area contributed by atoms with E-state index < -0.39 is 17.7 Å². The van der Waals surface area contributed by atoms with Crippen LogP contribution < -0.4 is 10.6 Å². The molecule has 0 bridgehead atoms. The van der Waals surface area contributed by atoms with E-state index in [9.17, 15) is 13.6 Å². The molecule has 1 rings (SSSR count). The van der Waals surface area contributed by atoms with Crippen LogP contribution in [0.4, 0.5) is 19.3 Å². The summed E-state index contributed by atoms with van der Waals surface area (Å²) in [6.07, 6.45) is 4.86. The number of unbranched alkanes of at least 4 members (excludes halogenated alkanes) is 4. The van der Waals surface area contributed by atoms with Gasteiger partial charge >= 0.3 is 6.03 Å². The topological polar surface area (TPSA) is 46.3 Å². The Kier molecular flexibility index (Phi) is 6.25. The predicted molar refractivity (Wildman–Crippen MR) is 72.0 cm³/mol. The van der Waals surface area contributed by atoms with Gasteiger partial charge in [-0.25, -0.2) is 13.6 Å². The van der Waals surface area contributed by atoms with Gasteiger partial charge in [0.2, 0.25) is 0 Å². The van der Waals surface area contributed by atoms with Crippen LogP contribution in [-0.2, 0) is 0 Å². The van der Waals surface area contributed by atoms with Gasteiger partial charge < -0.3 is 5.73 Å². The van der Waals surface area contributed by atoms with Crippen molar-refractivity contribution >= 4 is 11.7 Å². The van der Waals surface area contributed by atoms with E-state index in [4.69, 9.17) is 5.73 Å². The molecular formula is C14H20F2N2O. The minimum Gasteiger partial charge on any atom is -0.351 e. The van der Waals surface area contributed by atoms with Crippen LogP contribution in [-0.4, -0.2) is 12.6 Å². The maximum Gasteiger partial charge on any atom is 0.319 e. The van der Waals surface area contributed by atoms with E-state index in [2.05, 4.69) is 6.92 Å². The minimum absolute atomic E-state index is 0.233. The van der Waals surface area contributed by atoms with Crippen LogP contribution >= 0.6 is 0 Å². The molecule has 0 heterocycles. The number of nitrogens with two attached hydrogens (primary N) is 1. The van der Waals surface area contributed by atoms with Crippen molar-refractivity contribution in [3.05, 3.63) is 29.8 Å². The van der Waals surface area contributed by atoms with Gasteiger partial charge in [-0.05, 0) is 18.6 Å². The van der Waals surface area contributed by atoms with Crippen molar-refractivity contribution in [2.45, 2.75) is 39.0 Å². The number of carbonyl (C=O) groups excluding carboxylic acids is 1. The van der Waals surface area contributed by atoms with Gasteiger partial charge in [0.15, 0.2) is 0 Å². The lowest BCUT2D eigenvalue weighted by Crippen LogP contribution is -2.37. The van der Waals surface area contributed by atoms with Crippen LogP contribution in [0.5, 0.6) is 0 Å². The quantitative estimate of drug-likeness (QED) is 0.752. The predicted octanol–water partition coefficient (Wildman–Crippen LogP) is 3.82. The second-order valence-electron chi connectivity index (χ2n) is 4.47. The molecule has 0 spiro atoms. The van der Waals surface area contributed by atoms with E-state index in [1.54, 1.807) is 0 Å². The molecule has 0 saturated heterocycles. The summed E-state index contributed by atoms with van der Waals surface area (Å²) in [4.78, 5) is 12.3. The lowest BCUT2D eigenvalue weighted by atomic mass is 10.1. The molecule has 1 aromatic rings. The fourth-order valence-electron chi connectivity index (χ4n) is 1.95. The number of carbonyl (C=O) groups is 1. The molecule has 0 aliphatic rings. The second kappa shape index (κ2) is 7.71. The fraction of sp³-hybridized carbons (Fsp3) is 0.500. The highest BCUT2D eigenvalue weighted by atomic mass is 19.1. The average molecular weight is 270 g/mol. The van der Waals surface area contributed by atoms with Crippen molar-refractivity contribution in [1.29, 1.82) is 0 Å². The molecule has 0 aliphatic heterocycles. The number of benzene rings is 1. The molecule has 0 atom stereocenters. The van der Waals surface area contributed by atoms with Gasteiger partial charge in [0, 0.05) is 6.54 Å². The van der Waals surface area contributed by atoms with Gasteiger partial charge in [-0.15, -0.1) is 0 Å². The molecule has 2 amide bonds. The largest absolute Gasteiger partial charge is 0.351 e. The summed E-state index contributed by atoms with van der Waals surface area (Å²) in [5, 5.41) is 0. The van der Waals surface area contributed by atoms with Crippen molar-refractivity contribution in [3.8, 4) is 0 Å². The van der Waals surface area contributed by atoms with Gasteiger partial charge in [-0.2, -0.15) is 0 Å². The molecule has 2 N–H and O–H groups in total. The normalized spacial score (nSPS) is 10.5. The van der Waals surface area contributed by atoms with Gasteiger partial charge in [-0.3, -0.25) is 4.90 Å². The number of hydrogen-bond acceptors (Lipinski definition) is 1. The molecule has 0 unspecified atom stereocenters. The number of halogens is 2. The lowest BCUT2D eigenvalue weighted by molar-refractivity contribution is 0.253. The highest BCUT2D eigenvalue weighted by molar-refractivity contribution is 5.90. The fourth-order valence-corrected chi connectivity index (χ4v) is 1.95. The maximum absolute atomic E-state index is 13.6. The van der Waals surface area contributed by atoms with Crippen molar-refractivity contribution in [2.24, 2.45) is 5.73 Å². The zero-order valence-electron chi connectivity index (χ0n) is 11.2. The molecule has 0 saturated carbocycles. The Balaban J connectivity index is 2.70. The Bertz CT molecular complexity index is 404. The Morgan fingerprint density at radius 2 is 1.74 bits per heavy atom. The molecule has 106 valence electrons. The summed E-state index contributed by atoms with van der Waals surface area (Å²) < 4.78 is 27.2. The summed E-state index contributed by atoms with van der Waals surface area (Å²) in [6, 6.07) is 2.66. The number of hydrogen-bond donors (Lipinski definition) is 1. The van der Waals surface area contributed by atoms with E-state index in [1.807, 2.05) is 0 Å². The van der Waals surface area contributed by atoms with Crippen LogP contribution in [0.2, 0.25) is 0 Å². The first-order valence-electron chi connectivity index (χ1n) is 6.59. The Labute approximate surface area is 112 Å². The third kappa shape index (κ3) is 4.50. The SMILES string of the molecule is CCCCCCCN(C(N)=O)c1c(F)cccc1F. The van der Waals surface area contributed by atoms with E-state index >= 15 is 0 Å². The van der Waals surface area contributed by atoms with Gasteiger partial charge in [0.05, 0.1) is 0 Å². The van der Waals surface area contributed by atoms with Crippen molar-refractivity contribution in [2.75, 3.05) is 11.4 Å². The van der Waals surface area contributed by atoms with Gasteiger partial charge in [0.1, 0.15) is 17.3 Å². The molecule has 0 fully saturated rings. The number of nitrogens with zero attached hydrogens (tertiary/aromatic N) is 1. The Hall–Kier alpha value is -1.65. The summed E-state index contributed by atoms with van der Waals surface area (Å²) >= 11 is 0. The zero-order chi connectivity index (χ0) is 14.3. The third-order valence-corrected chi connectivity index (χ3v) is 2.96. The highest BCUT2D eigenvalue weighted by Gasteiger charge is 2.20. The van der Waals surface area contributed by atoms with E-state index in [0.717, 1.165) is 42.7 Å². The van der Waals surface area contributed by atoms with Crippen LogP contribution in [0.1, 0.15) is 39.0 Å². The Morgan fingerprint density at radius 3 is 2.26 bits per heavy atom. The van der Waals surface area contributed by atoms with Crippen LogP contribution in [0.3, 0.4) is 0 Å². The van der Waals surface area contributed by atoms with Gasteiger partial charge in [-0.1, -0.05) is 38.7 Å². The Morgan fingerprint density at radius 1 is 1.16 bits per heavy atom. The summed E-state index contributed by atoms with van der Waals surface area (Å²) in [5.74, 6) is -1.54. The smallest absolute Gasteiger partial charge is 0.319 e. The van der Waals surface area contributed by atoms with Crippen molar-refractivity contribution in [1.82, 2.24) is 0 Å². The van der Waals surface area contributed by atoms with Crippen LogP contribution in [0.15, 0.2) is 18.2 Å². The number of urea groups is 1. The summed E-state index contributed by atoms with van der Waals surface area (Å²) in [5.41, 5.74) is 4.85. The number of anilines is 1. The molecular weight excluding hydrogens is 250 g/mol. The van der Waals surface area contributed by atoms with Crippen molar-refractivity contribution in [3.63, 3.8) is 0 Å². The van der Waals surface area contributed by atoms with Crippen molar-refractivity contribution < 1.29 is 13.6 Å². The number of para-hydroxylation sites is 1. The van der Waals surface area contributed by atoms with Crippen LogP contribution in [0.25, 0.3) is 0 Å². The number of rotatable bonds is 7. The maximum atomic E-state index is 13.6.